The summed E-state index contributed by atoms with van der Waals surface area (Å²) in [7, 11) is 3.56. The molecule has 3 aromatic rings. The van der Waals surface area contributed by atoms with Crippen LogP contribution in [-0.4, -0.2) is 60.8 Å². The number of hydrogen-bond acceptors (Lipinski definition) is 5. The number of nitrogens with zero attached hydrogens (tertiary/aromatic N) is 4. The number of imidazole rings is 1. The number of aromatic nitrogens is 2. The monoisotopic (exact) mass is 364 g/mol. The van der Waals surface area contributed by atoms with Crippen molar-refractivity contribution < 1.29 is 9.53 Å². The summed E-state index contributed by atoms with van der Waals surface area (Å²) in [6, 6.07) is 16.4. The number of piperazine rings is 1. The summed E-state index contributed by atoms with van der Waals surface area (Å²) in [6.45, 7) is 4.15. The van der Waals surface area contributed by atoms with Crippen LogP contribution in [0, 0.1) is 0 Å². The first-order valence-corrected chi connectivity index (χ1v) is 9.23. The zero-order chi connectivity index (χ0) is 18.8. The van der Waals surface area contributed by atoms with Gasteiger partial charge in [0.1, 0.15) is 12.2 Å². The fourth-order valence-corrected chi connectivity index (χ4v) is 3.58. The van der Waals surface area contributed by atoms with E-state index in [1.807, 2.05) is 24.3 Å². The van der Waals surface area contributed by atoms with Gasteiger partial charge in [-0.1, -0.05) is 18.2 Å². The van der Waals surface area contributed by atoms with E-state index in [4.69, 9.17) is 4.74 Å². The van der Waals surface area contributed by atoms with Gasteiger partial charge in [0.15, 0.2) is 0 Å². The Morgan fingerprint density at radius 1 is 1.04 bits per heavy atom. The zero-order valence-corrected chi connectivity index (χ0v) is 15.8. The number of anilines is 1. The molecule has 0 aliphatic carbocycles. The van der Waals surface area contributed by atoms with E-state index in [1.165, 1.54) is 12.8 Å². The molecular formula is C21H24N4O2. The molecule has 0 amide bonds. The molecule has 0 spiro atoms. The van der Waals surface area contributed by atoms with Gasteiger partial charge < -0.3 is 14.5 Å². The summed E-state index contributed by atoms with van der Waals surface area (Å²) in [4.78, 5) is 21.3. The number of benzene rings is 2. The molecule has 6 heteroatoms. The zero-order valence-electron chi connectivity index (χ0n) is 15.8. The molecule has 1 aliphatic heterocycles. The number of esters is 1. The second-order valence-corrected chi connectivity index (χ2v) is 6.92. The fraction of sp³-hybridized carbons (Fsp3) is 0.333. The molecule has 0 unspecified atom stereocenters. The number of methoxy groups -OCH3 is 1. The van der Waals surface area contributed by atoms with Gasteiger partial charge >= 0.3 is 5.97 Å². The molecule has 0 saturated carbocycles. The minimum absolute atomic E-state index is 0.143. The van der Waals surface area contributed by atoms with Crippen LogP contribution < -0.4 is 4.90 Å². The summed E-state index contributed by atoms with van der Waals surface area (Å²) in [5, 5.41) is 0. The van der Waals surface area contributed by atoms with Gasteiger partial charge in [0, 0.05) is 37.6 Å². The van der Waals surface area contributed by atoms with Crippen molar-refractivity contribution >= 4 is 22.7 Å². The van der Waals surface area contributed by atoms with Crippen LogP contribution in [0.3, 0.4) is 0 Å². The van der Waals surface area contributed by atoms with E-state index < -0.39 is 0 Å². The molecule has 27 heavy (non-hydrogen) atoms. The van der Waals surface area contributed by atoms with E-state index in [1.54, 1.807) is 0 Å². The summed E-state index contributed by atoms with van der Waals surface area (Å²) < 4.78 is 6.93. The van der Waals surface area contributed by atoms with Crippen LogP contribution in [0.1, 0.15) is 5.82 Å². The number of para-hydroxylation sites is 2. The van der Waals surface area contributed by atoms with Crippen molar-refractivity contribution in [3.63, 3.8) is 0 Å². The predicted molar refractivity (Wildman–Crippen MR) is 107 cm³/mol. The van der Waals surface area contributed by atoms with Crippen molar-refractivity contribution in [2.45, 2.75) is 6.42 Å². The number of ether oxygens (including phenoxy) is 1. The normalized spacial score (nSPS) is 15.3. The summed E-state index contributed by atoms with van der Waals surface area (Å²) >= 11 is 0. The molecule has 1 fully saturated rings. The highest BCUT2D eigenvalue weighted by Crippen LogP contribution is 2.26. The Kier molecular flexibility index (Phi) is 4.81. The van der Waals surface area contributed by atoms with Gasteiger partial charge in [0.05, 0.1) is 18.1 Å². The molecule has 0 N–H and O–H groups in total. The molecule has 0 atom stereocenters. The Bertz CT molecular complexity index is 958. The Balaban J connectivity index is 1.76. The largest absolute Gasteiger partial charge is 0.469 e. The Morgan fingerprint density at radius 3 is 2.56 bits per heavy atom. The highest BCUT2D eigenvalue weighted by molar-refractivity contribution is 5.81. The Hall–Kier alpha value is -2.86. The molecule has 0 bridgehead atoms. The Labute approximate surface area is 159 Å². The lowest BCUT2D eigenvalue weighted by molar-refractivity contribution is -0.139. The average molecular weight is 364 g/mol. The Morgan fingerprint density at radius 2 is 1.78 bits per heavy atom. The smallest absolute Gasteiger partial charge is 0.313 e. The van der Waals surface area contributed by atoms with Crippen molar-refractivity contribution in [1.29, 1.82) is 0 Å². The van der Waals surface area contributed by atoms with Crippen LogP contribution in [0.15, 0.2) is 48.5 Å². The van der Waals surface area contributed by atoms with Gasteiger partial charge in [0.2, 0.25) is 0 Å². The topological polar surface area (TPSA) is 50.6 Å². The molecule has 1 aliphatic rings. The number of carbonyl (C=O) groups excluding carboxylic acids is 1. The number of carbonyl (C=O) groups is 1. The van der Waals surface area contributed by atoms with Gasteiger partial charge in [-0.2, -0.15) is 0 Å². The SMILES string of the molecule is COC(=O)Cc1nc2ccccc2n1-c1cccc(N2CCN(C)CC2)c1. The first-order valence-electron chi connectivity index (χ1n) is 9.23. The molecule has 2 heterocycles. The van der Waals surface area contributed by atoms with Crippen molar-refractivity contribution in [2.75, 3.05) is 45.2 Å². The highest BCUT2D eigenvalue weighted by atomic mass is 16.5. The van der Waals surface area contributed by atoms with Crippen LogP contribution >= 0.6 is 0 Å². The number of rotatable bonds is 4. The van der Waals surface area contributed by atoms with Crippen LogP contribution in [-0.2, 0) is 16.0 Å². The molecule has 6 nitrogen and oxygen atoms in total. The maximum Gasteiger partial charge on any atom is 0.313 e. The third kappa shape index (κ3) is 3.53. The van der Waals surface area contributed by atoms with Gasteiger partial charge in [-0.05, 0) is 37.4 Å². The number of fused-ring (bicyclic) bond motifs is 1. The molecule has 2 aromatic carbocycles. The number of likely N-dealkylation sites (N-methyl/N-ethyl adjacent to an activating group) is 1. The lowest BCUT2D eigenvalue weighted by atomic mass is 10.2. The van der Waals surface area contributed by atoms with Crippen LogP contribution in [0.25, 0.3) is 16.7 Å². The van der Waals surface area contributed by atoms with E-state index >= 15 is 0 Å². The standard InChI is InChI=1S/C21H24N4O2/c1-23-10-12-24(13-11-23)16-6-5-7-17(14-16)25-19-9-4-3-8-18(19)22-20(25)15-21(26)27-2/h3-9,14H,10-13,15H2,1-2H3. The molecule has 4 rings (SSSR count). The lowest BCUT2D eigenvalue weighted by Crippen LogP contribution is -2.44. The molecule has 0 radical (unpaired) electrons. The van der Waals surface area contributed by atoms with E-state index in [-0.39, 0.29) is 12.4 Å². The second-order valence-electron chi connectivity index (χ2n) is 6.92. The number of hydrogen-bond donors (Lipinski definition) is 0. The van der Waals surface area contributed by atoms with Crippen molar-refractivity contribution in [3.05, 3.63) is 54.4 Å². The van der Waals surface area contributed by atoms with Gasteiger partial charge in [-0.15, -0.1) is 0 Å². The highest BCUT2D eigenvalue weighted by Gasteiger charge is 2.18. The van der Waals surface area contributed by atoms with Crippen LogP contribution in [0.4, 0.5) is 5.69 Å². The third-order valence-electron chi connectivity index (χ3n) is 5.12. The first-order chi connectivity index (χ1) is 13.2. The van der Waals surface area contributed by atoms with E-state index in [9.17, 15) is 4.79 Å². The fourth-order valence-electron chi connectivity index (χ4n) is 3.58. The maximum atomic E-state index is 11.9. The molecule has 140 valence electrons. The van der Waals surface area contributed by atoms with Crippen molar-refractivity contribution in [1.82, 2.24) is 14.5 Å². The van der Waals surface area contributed by atoms with E-state index in [0.717, 1.165) is 42.9 Å². The molecular weight excluding hydrogens is 340 g/mol. The van der Waals surface area contributed by atoms with Crippen LogP contribution in [0.2, 0.25) is 0 Å². The first kappa shape index (κ1) is 17.5. The second kappa shape index (κ2) is 7.40. The summed E-state index contributed by atoms with van der Waals surface area (Å²) in [6.07, 6.45) is 0.143. The van der Waals surface area contributed by atoms with E-state index in [0.29, 0.717) is 5.82 Å². The van der Waals surface area contributed by atoms with Gasteiger partial charge in [0.25, 0.3) is 0 Å². The van der Waals surface area contributed by atoms with Crippen LogP contribution in [0.5, 0.6) is 0 Å². The average Bonchev–Trinajstić information content (AvgIpc) is 3.06. The lowest BCUT2D eigenvalue weighted by Gasteiger charge is -2.34. The third-order valence-corrected chi connectivity index (χ3v) is 5.12. The van der Waals surface area contributed by atoms with Crippen molar-refractivity contribution in [3.8, 4) is 5.69 Å². The maximum absolute atomic E-state index is 11.9. The summed E-state index contributed by atoms with van der Waals surface area (Å²) in [5.74, 6) is 0.403. The van der Waals surface area contributed by atoms with Crippen molar-refractivity contribution in [2.24, 2.45) is 0 Å². The van der Waals surface area contributed by atoms with Gasteiger partial charge in [-0.3, -0.25) is 9.36 Å². The van der Waals surface area contributed by atoms with Gasteiger partial charge in [-0.25, -0.2) is 4.98 Å². The molecule has 1 aromatic heterocycles. The predicted octanol–water partition coefficient (Wildman–Crippen LogP) is 2.49. The van der Waals surface area contributed by atoms with E-state index in [2.05, 4.69) is 50.7 Å². The quantitative estimate of drug-likeness (QED) is 0.666. The summed E-state index contributed by atoms with van der Waals surface area (Å²) in [5.41, 5.74) is 4.08. The minimum Gasteiger partial charge on any atom is -0.469 e. The minimum atomic E-state index is -0.290. The molecule has 1 saturated heterocycles.